The van der Waals surface area contributed by atoms with Crippen molar-refractivity contribution in [2.75, 3.05) is 42.7 Å². The van der Waals surface area contributed by atoms with Crippen LogP contribution in [0.2, 0.25) is 0 Å². The van der Waals surface area contributed by atoms with Crippen molar-refractivity contribution in [2.45, 2.75) is 31.1 Å². The molecule has 2 aromatic rings. The van der Waals surface area contributed by atoms with Crippen LogP contribution in [0.4, 0.5) is 17.1 Å². The zero-order chi connectivity index (χ0) is 22.8. The van der Waals surface area contributed by atoms with Gasteiger partial charge in [0.2, 0.25) is 21.8 Å². The Bertz CT molecular complexity index is 1090. The standard InChI is InChI=1S/C22H28N4O4S/c1-5-26(6-2)31(29,30)15-11-12-20(25(3)4)19(13-15)24-22(28)17-14-21(27)23-18-10-8-7-9-16(17)18/h7-13,17H,5-6,14H2,1-4H3,(H,23,27)(H,24,28). The van der Waals surface area contributed by atoms with Gasteiger partial charge in [-0.2, -0.15) is 4.31 Å². The molecule has 2 amide bonds. The summed E-state index contributed by atoms with van der Waals surface area (Å²) in [4.78, 5) is 27.2. The molecule has 0 fully saturated rings. The lowest BCUT2D eigenvalue weighted by molar-refractivity contribution is -0.123. The van der Waals surface area contributed by atoms with Crippen LogP contribution in [-0.2, 0) is 19.6 Å². The first kappa shape index (κ1) is 22.8. The molecule has 0 bridgehead atoms. The second-order valence-electron chi connectivity index (χ2n) is 7.54. The number of nitrogens with one attached hydrogen (secondary N) is 2. The monoisotopic (exact) mass is 444 g/mol. The summed E-state index contributed by atoms with van der Waals surface area (Å²) in [6.07, 6.45) is 0.0254. The number of carbonyl (C=O) groups excluding carboxylic acids is 2. The largest absolute Gasteiger partial charge is 0.376 e. The molecule has 0 spiro atoms. The summed E-state index contributed by atoms with van der Waals surface area (Å²) in [5, 5.41) is 5.65. The second-order valence-corrected chi connectivity index (χ2v) is 9.48. The van der Waals surface area contributed by atoms with Gasteiger partial charge in [0.1, 0.15) is 0 Å². The Labute approximate surface area is 183 Å². The molecule has 9 heteroatoms. The lowest BCUT2D eigenvalue weighted by atomic mass is 9.89. The van der Waals surface area contributed by atoms with E-state index in [9.17, 15) is 18.0 Å². The SMILES string of the molecule is CCN(CC)S(=O)(=O)c1ccc(N(C)C)c(NC(=O)C2CC(=O)Nc3ccccc32)c1. The van der Waals surface area contributed by atoms with Crippen molar-refractivity contribution >= 4 is 38.9 Å². The fraction of sp³-hybridized carbons (Fsp3) is 0.364. The molecule has 1 atom stereocenters. The maximum atomic E-state index is 13.2. The summed E-state index contributed by atoms with van der Waals surface area (Å²) in [6.45, 7) is 4.26. The van der Waals surface area contributed by atoms with E-state index < -0.39 is 15.9 Å². The molecule has 0 aromatic heterocycles. The van der Waals surface area contributed by atoms with Gasteiger partial charge in [-0.25, -0.2) is 8.42 Å². The predicted octanol–water partition coefficient (Wildman–Crippen LogP) is 2.85. The van der Waals surface area contributed by atoms with Crippen molar-refractivity contribution in [3.05, 3.63) is 48.0 Å². The number of anilines is 3. The number of hydrogen-bond donors (Lipinski definition) is 2. The van der Waals surface area contributed by atoms with E-state index in [0.717, 1.165) is 5.56 Å². The van der Waals surface area contributed by atoms with Crippen LogP contribution in [0.5, 0.6) is 0 Å². The van der Waals surface area contributed by atoms with Crippen LogP contribution >= 0.6 is 0 Å². The van der Waals surface area contributed by atoms with Gasteiger partial charge in [-0.1, -0.05) is 32.0 Å². The Morgan fingerprint density at radius 3 is 2.45 bits per heavy atom. The van der Waals surface area contributed by atoms with Crippen molar-refractivity contribution in [1.29, 1.82) is 0 Å². The molecule has 1 heterocycles. The number of hydrogen-bond acceptors (Lipinski definition) is 5. The van der Waals surface area contributed by atoms with E-state index in [0.29, 0.717) is 30.2 Å². The highest BCUT2D eigenvalue weighted by atomic mass is 32.2. The Morgan fingerprint density at radius 1 is 1.13 bits per heavy atom. The molecule has 31 heavy (non-hydrogen) atoms. The number of amides is 2. The fourth-order valence-corrected chi connectivity index (χ4v) is 5.23. The smallest absolute Gasteiger partial charge is 0.243 e. The van der Waals surface area contributed by atoms with Gasteiger partial charge in [0, 0.05) is 39.3 Å². The van der Waals surface area contributed by atoms with E-state index in [1.54, 1.807) is 43.0 Å². The average Bonchev–Trinajstić information content (AvgIpc) is 2.73. The molecule has 2 N–H and O–H groups in total. The first-order valence-electron chi connectivity index (χ1n) is 10.2. The lowest BCUT2D eigenvalue weighted by Crippen LogP contribution is -2.32. The van der Waals surface area contributed by atoms with E-state index in [4.69, 9.17) is 0 Å². The van der Waals surface area contributed by atoms with Crippen LogP contribution < -0.4 is 15.5 Å². The van der Waals surface area contributed by atoms with E-state index in [-0.39, 0.29) is 23.1 Å². The molecule has 0 aliphatic carbocycles. The Hall–Kier alpha value is -2.91. The van der Waals surface area contributed by atoms with Gasteiger partial charge in [-0.05, 0) is 29.8 Å². The summed E-state index contributed by atoms with van der Waals surface area (Å²) >= 11 is 0. The van der Waals surface area contributed by atoms with Gasteiger partial charge in [-0.3, -0.25) is 9.59 Å². The van der Waals surface area contributed by atoms with Gasteiger partial charge in [-0.15, -0.1) is 0 Å². The van der Waals surface area contributed by atoms with Gasteiger partial charge in [0.05, 0.1) is 22.2 Å². The average molecular weight is 445 g/mol. The van der Waals surface area contributed by atoms with Crippen LogP contribution in [0.15, 0.2) is 47.4 Å². The van der Waals surface area contributed by atoms with Crippen LogP contribution in [0.25, 0.3) is 0 Å². The molecular weight excluding hydrogens is 416 g/mol. The third-order valence-electron chi connectivity index (χ3n) is 5.37. The Kier molecular flexibility index (Phi) is 6.66. The minimum atomic E-state index is -3.68. The highest BCUT2D eigenvalue weighted by molar-refractivity contribution is 7.89. The first-order chi connectivity index (χ1) is 14.7. The molecule has 1 unspecified atom stereocenters. The molecule has 1 aliphatic rings. The zero-order valence-corrected chi connectivity index (χ0v) is 19.0. The molecule has 1 aliphatic heterocycles. The predicted molar refractivity (Wildman–Crippen MR) is 122 cm³/mol. The third-order valence-corrected chi connectivity index (χ3v) is 7.41. The van der Waals surface area contributed by atoms with Crippen molar-refractivity contribution < 1.29 is 18.0 Å². The maximum Gasteiger partial charge on any atom is 0.243 e. The summed E-state index contributed by atoms with van der Waals surface area (Å²) in [5.74, 6) is -1.25. The number of benzene rings is 2. The second kappa shape index (κ2) is 9.07. The minimum Gasteiger partial charge on any atom is -0.376 e. The van der Waals surface area contributed by atoms with Crippen molar-refractivity contribution in [1.82, 2.24) is 4.31 Å². The van der Waals surface area contributed by atoms with Crippen LogP contribution in [0.3, 0.4) is 0 Å². The zero-order valence-electron chi connectivity index (χ0n) is 18.2. The maximum absolute atomic E-state index is 13.2. The van der Waals surface area contributed by atoms with Crippen molar-refractivity contribution in [2.24, 2.45) is 0 Å². The number of para-hydroxylation sites is 1. The van der Waals surface area contributed by atoms with Crippen LogP contribution in [-0.4, -0.2) is 51.7 Å². The highest BCUT2D eigenvalue weighted by Gasteiger charge is 2.31. The summed E-state index contributed by atoms with van der Waals surface area (Å²) in [5.41, 5.74) is 2.40. The summed E-state index contributed by atoms with van der Waals surface area (Å²) < 4.78 is 27.3. The Morgan fingerprint density at radius 2 is 1.81 bits per heavy atom. The topological polar surface area (TPSA) is 98.8 Å². The number of sulfonamides is 1. The lowest BCUT2D eigenvalue weighted by Gasteiger charge is -2.26. The normalized spacial score (nSPS) is 15.9. The van der Waals surface area contributed by atoms with Gasteiger partial charge in [0.15, 0.2) is 0 Å². The summed E-state index contributed by atoms with van der Waals surface area (Å²) in [6, 6.07) is 11.9. The molecule has 166 valence electrons. The Balaban J connectivity index is 1.99. The highest BCUT2D eigenvalue weighted by Crippen LogP contribution is 2.35. The number of rotatable bonds is 7. The number of fused-ring (bicyclic) bond motifs is 1. The molecule has 8 nitrogen and oxygen atoms in total. The van der Waals surface area contributed by atoms with Crippen LogP contribution in [0, 0.1) is 0 Å². The molecular formula is C22H28N4O4S. The van der Waals surface area contributed by atoms with Crippen molar-refractivity contribution in [3.8, 4) is 0 Å². The van der Waals surface area contributed by atoms with E-state index >= 15 is 0 Å². The van der Waals surface area contributed by atoms with E-state index in [1.165, 1.54) is 10.4 Å². The third kappa shape index (κ3) is 4.57. The molecule has 3 rings (SSSR count). The summed E-state index contributed by atoms with van der Waals surface area (Å²) in [7, 11) is -0.0600. The van der Waals surface area contributed by atoms with Gasteiger partial charge < -0.3 is 15.5 Å². The van der Waals surface area contributed by atoms with E-state index in [2.05, 4.69) is 10.6 Å². The minimum absolute atomic E-state index is 0.0254. The number of carbonyl (C=O) groups is 2. The molecule has 0 saturated carbocycles. The fourth-order valence-electron chi connectivity index (χ4n) is 3.74. The molecule has 0 radical (unpaired) electrons. The van der Waals surface area contributed by atoms with Crippen molar-refractivity contribution in [3.63, 3.8) is 0 Å². The molecule has 2 aromatic carbocycles. The van der Waals surface area contributed by atoms with Gasteiger partial charge >= 0.3 is 0 Å². The van der Waals surface area contributed by atoms with Crippen LogP contribution in [0.1, 0.15) is 31.7 Å². The quantitative estimate of drug-likeness (QED) is 0.684. The first-order valence-corrected chi connectivity index (χ1v) is 11.6. The van der Waals surface area contributed by atoms with E-state index in [1.807, 2.05) is 26.2 Å². The molecule has 0 saturated heterocycles. The van der Waals surface area contributed by atoms with Gasteiger partial charge in [0.25, 0.3) is 0 Å². The number of nitrogens with zero attached hydrogens (tertiary/aromatic N) is 2.